The maximum atomic E-state index is 11.6. The Bertz CT molecular complexity index is 765. The minimum Gasteiger partial charge on any atom is -0.497 e. The Morgan fingerprint density at radius 3 is 2.30 bits per heavy atom. The summed E-state index contributed by atoms with van der Waals surface area (Å²) in [7, 11) is 1.60. The molecule has 7 heteroatoms. The first-order valence-electron chi connectivity index (χ1n) is 8.77. The minimum absolute atomic E-state index is 0.0502. The number of carbonyl (C=O) groups is 2. The van der Waals surface area contributed by atoms with E-state index in [1.54, 1.807) is 13.2 Å². The number of carboxylic acid groups (broad SMARTS) is 2. The van der Waals surface area contributed by atoms with E-state index in [9.17, 15) is 19.8 Å². The second-order valence-electron chi connectivity index (χ2n) is 6.70. The monoisotopic (exact) mass is 375 g/mol. The first-order valence-corrected chi connectivity index (χ1v) is 8.77. The molecule has 0 radical (unpaired) electrons. The fraction of sp³-hybridized carbons (Fsp3) is 0.400. The average Bonchev–Trinajstić information content (AvgIpc) is 3.09. The number of rotatable bonds is 9. The number of benzene rings is 1. The molecule has 0 spiro atoms. The lowest BCUT2D eigenvalue weighted by atomic mass is 10.0. The highest BCUT2D eigenvalue weighted by Gasteiger charge is 2.30. The molecule has 0 saturated heterocycles. The van der Waals surface area contributed by atoms with Crippen molar-refractivity contribution in [3.8, 4) is 17.1 Å². The molecule has 1 heterocycles. The van der Waals surface area contributed by atoms with E-state index in [1.807, 2.05) is 44.2 Å². The fourth-order valence-corrected chi connectivity index (χ4v) is 2.85. The second-order valence-corrected chi connectivity index (χ2v) is 6.70. The van der Waals surface area contributed by atoms with Crippen molar-refractivity contribution in [2.75, 3.05) is 13.7 Å². The highest BCUT2D eigenvalue weighted by Crippen LogP contribution is 2.25. The van der Waals surface area contributed by atoms with Crippen LogP contribution in [0.5, 0.6) is 5.75 Å². The number of furan rings is 1. The van der Waals surface area contributed by atoms with E-state index in [-0.39, 0.29) is 18.9 Å². The van der Waals surface area contributed by atoms with Crippen LogP contribution in [-0.2, 0) is 11.2 Å². The van der Waals surface area contributed by atoms with Gasteiger partial charge in [0.2, 0.25) is 0 Å². The summed E-state index contributed by atoms with van der Waals surface area (Å²) in [5.41, 5.74) is 0.875. The summed E-state index contributed by atoms with van der Waals surface area (Å²) in [6, 6.07) is 9.91. The molecule has 2 aromatic rings. The van der Waals surface area contributed by atoms with Crippen molar-refractivity contribution in [1.29, 1.82) is 0 Å². The van der Waals surface area contributed by atoms with Gasteiger partial charge in [0.1, 0.15) is 23.3 Å². The van der Waals surface area contributed by atoms with Crippen LogP contribution in [-0.4, -0.2) is 46.9 Å². The predicted molar refractivity (Wildman–Crippen MR) is 100 cm³/mol. The number of aliphatic carboxylic acids is 1. The Kier molecular flexibility index (Phi) is 6.87. The summed E-state index contributed by atoms with van der Waals surface area (Å²) in [6.45, 7) is 3.78. The number of nitrogens with zero attached hydrogens (tertiary/aromatic N) is 1. The van der Waals surface area contributed by atoms with E-state index in [4.69, 9.17) is 9.15 Å². The number of carboxylic acids is 1. The summed E-state index contributed by atoms with van der Waals surface area (Å²) in [5.74, 6) is 0.933. The third kappa shape index (κ3) is 5.51. The van der Waals surface area contributed by atoms with E-state index in [0.717, 1.165) is 16.2 Å². The Balaban J connectivity index is 2.08. The third-order valence-electron chi connectivity index (χ3n) is 4.24. The quantitative estimate of drug-likeness (QED) is 0.688. The SMILES string of the molecule is COc1ccc(-c2ccc(CCN(C(=O)O)C(CC(C)C)C(=O)O)o2)cc1. The largest absolute Gasteiger partial charge is 0.497 e. The van der Waals surface area contributed by atoms with Crippen LogP contribution in [0, 0.1) is 5.92 Å². The molecule has 0 saturated carbocycles. The summed E-state index contributed by atoms with van der Waals surface area (Å²) in [4.78, 5) is 24.0. The van der Waals surface area contributed by atoms with Crippen LogP contribution in [0.25, 0.3) is 11.3 Å². The summed E-state index contributed by atoms with van der Waals surface area (Å²) in [5, 5.41) is 18.8. The molecule has 1 unspecified atom stereocenters. The fourth-order valence-electron chi connectivity index (χ4n) is 2.85. The summed E-state index contributed by atoms with van der Waals surface area (Å²) < 4.78 is 10.9. The van der Waals surface area contributed by atoms with Gasteiger partial charge in [-0.2, -0.15) is 0 Å². The molecular formula is C20H25NO6. The van der Waals surface area contributed by atoms with E-state index in [2.05, 4.69) is 0 Å². The summed E-state index contributed by atoms with van der Waals surface area (Å²) >= 11 is 0. The molecule has 1 amide bonds. The first kappa shape index (κ1) is 20.4. The lowest BCUT2D eigenvalue weighted by Crippen LogP contribution is -2.46. The zero-order chi connectivity index (χ0) is 20.0. The lowest BCUT2D eigenvalue weighted by molar-refractivity contribution is -0.143. The third-order valence-corrected chi connectivity index (χ3v) is 4.24. The molecule has 1 aromatic carbocycles. The van der Waals surface area contributed by atoms with Gasteiger partial charge in [-0.25, -0.2) is 9.59 Å². The van der Waals surface area contributed by atoms with E-state index in [0.29, 0.717) is 17.9 Å². The van der Waals surface area contributed by atoms with Crippen LogP contribution in [0.4, 0.5) is 4.79 Å². The summed E-state index contributed by atoms with van der Waals surface area (Å²) in [6.07, 6.45) is -0.689. The zero-order valence-corrected chi connectivity index (χ0v) is 15.7. The van der Waals surface area contributed by atoms with Crippen molar-refractivity contribution in [2.24, 2.45) is 5.92 Å². The molecule has 0 fully saturated rings. The Morgan fingerprint density at radius 1 is 1.11 bits per heavy atom. The molecule has 0 aliphatic carbocycles. The number of methoxy groups -OCH3 is 1. The van der Waals surface area contributed by atoms with Gasteiger partial charge in [-0.1, -0.05) is 13.8 Å². The van der Waals surface area contributed by atoms with Crippen LogP contribution in [0.2, 0.25) is 0 Å². The molecule has 0 aliphatic heterocycles. The maximum absolute atomic E-state index is 11.6. The van der Waals surface area contributed by atoms with Crippen molar-refractivity contribution < 1.29 is 29.0 Å². The van der Waals surface area contributed by atoms with Crippen LogP contribution < -0.4 is 4.74 Å². The van der Waals surface area contributed by atoms with Crippen LogP contribution >= 0.6 is 0 Å². The normalized spacial score (nSPS) is 12.0. The number of amides is 1. The maximum Gasteiger partial charge on any atom is 0.408 e. The van der Waals surface area contributed by atoms with Crippen molar-refractivity contribution >= 4 is 12.1 Å². The number of ether oxygens (including phenoxy) is 1. The van der Waals surface area contributed by atoms with Gasteiger partial charge in [-0.3, -0.25) is 4.90 Å². The van der Waals surface area contributed by atoms with Gasteiger partial charge >= 0.3 is 12.1 Å². The van der Waals surface area contributed by atoms with Crippen LogP contribution in [0.3, 0.4) is 0 Å². The predicted octanol–water partition coefficient (Wildman–Crippen LogP) is 3.98. The standard InChI is InChI=1S/C20H25NO6/c1-13(2)12-17(19(22)23)21(20(24)25)11-10-16-8-9-18(27-16)14-4-6-15(26-3)7-5-14/h4-9,13,17H,10-12H2,1-3H3,(H,22,23)(H,24,25). The Morgan fingerprint density at radius 2 is 1.78 bits per heavy atom. The van der Waals surface area contributed by atoms with Gasteiger partial charge in [-0.05, 0) is 48.7 Å². The van der Waals surface area contributed by atoms with E-state index < -0.39 is 18.1 Å². The van der Waals surface area contributed by atoms with Gasteiger partial charge in [0.15, 0.2) is 0 Å². The first-order chi connectivity index (χ1) is 12.8. The molecule has 1 aromatic heterocycles. The molecule has 146 valence electrons. The van der Waals surface area contributed by atoms with E-state index in [1.165, 1.54) is 0 Å². The van der Waals surface area contributed by atoms with Crippen molar-refractivity contribution in [3.05, 3.63) is 42.2 Å². The number of hydrogen-bond donors (Lipinski definition) is 2. The van der Waals surface area contributed by atoms with Crippen molar-refractivity contribution in [1.82, 2.24) is 4.90 Å². The molecule has 2 rings (SSSR count). The topological polar surface area (TPSA) is 100 Å². The Labute approximate surface area is 158 Å². The molecule has 27 heavy (non-hydrogen) atoms. The molecule has 1 atom stereocenters. The van der Waals surface area contributed by atoms with E-state index >= 15 is 0 Å². The van der Waals surface area contributed by atoms with Crippen LogP contribution in [0.1, 0.15) is 26.0 Å². The Hall–Kier alpha value is -2.96. The van der Waals surface area contributed by atoms with Gasteiger partial charge in [-0.15, -0.1) is 0 Å². The lowest BCUT2D eigenvalue weighted by Gasteiger charge is -2.27. The van der Waals surface area contributed by atoms with Gasteiger partial charge in [0, 0.05) is 18.5 Å². The molecule has 7 nitrogen and oxygen atoms in total. The van der Waals surface area contributed by atoms with Crippen molar-refractivity contribution in [2.45, 2.75) is 32.7 Å². The van der Waals surface area contributed by atoms with Gasteiger partial charge in [0.05, 0.1) is 7.11 Å². The van der Waals surface area contributed by atoms with Gasteiger partial charge in [0.25, 0.3) is 0 Å². The van der Waals surface area contributed by atoms with Crippen LogP contribution in [0.15, 0.2) is 40.8 Å². The van der Waals surface area contributed by atoms with Gasteiger partial charge < -0.3 is 19.4 Å². The van der Waals surface area contributed by atoms with Crippen molar-refractivity contribution in [3.63, 3.8) is 0 Å². The smallest absolute Gasteiger partial charge is 0.408 e. The number of hydrogen-bond acceptors (Lipinski definition) is 4. The molecule has 0 bridgehead atoms. The zero-order valence-electron chi connectivity index (χ0n) is 15.7. The molecular weight excluding hydrogens is 350 g/mol. The second kappa shape index (κ2) is 9.12. The molecule has 0 aliphatic rings. The highest BCUT2D eigenvalue weighted by atomic mass is 16.5. The minimum atomic E-state index is -1.25. The molecule has 2 N–H and O–H groups in total. The highest BCUT2D eigenvalue weighted by molar-refractivity contribution is 5.79. The average molecular weight is 375 g/mol.